The van der Waals surface area contributed by atoms with Gasteiger partial charge in [-0.2, -0.15) is 0 Å². The number of amides is 1. The number of nitrogens with one attached hydrogen (secondary N) is 1. The zero-order valence-electron chi connectivity index (χ0n) is 11.9. The van der Waals surface area contributed by atoms with Crippen molar-refractivity contribution in [2.75, 3.05) is 19.4 Å². The first kappa shape index (κ1) is 13.5. The minimum atomic E-state index is -0.186. The first-order valence-corrected chi connectivity index (χ1v) is 6.99. The van der Waals surface area contributed by atoms with Crippen LogP contribution in [0.5, 0.6) is 5.75 Å². The minimum absolute atomic E-state index is 0.186. The van der Waals surface area contributed by atoms with Gasteiger partial charge in [0.2, 0.25) is 0 Å². The van der Waals surface area contributed by atoms with E-state index < -0.39 is 0 Å². The van der Waals surface area contributed by atoms with Crippen LogP contribution < -0.4 is 15.8 Å². The maximum Gasteiger partial charge on any atom is 0.257 e. The minimum Gasteiger partial charge on any atom is -0.496 e. The molecule has 1 aliphatic rings. The summed E-state index contributed by atoms with van der Waals surface area (Å²) in [6, 6.07) is 13.5. The van der Waals surface area contributed by atoms with Gasteiger partial charge in [-0.05, 0) is 29.7 Å². The second-order valence-corrected chi connectivity index (χ2v) is 5.23. The average Bonchev–Trinajstić information content (AvgIpc) is 2.47. The van der Waals surface area contributed by atoms with E-state index >= 15 is 0 Å². The number of carbonyl (C=O) groups is 1. The lowest BCUT2D eigenvalue weighted by atomic mass is 9.77. The van der Waals surface area contributed by atoms with E-state index in [9.17, 15) is 4.79 Å². The van der Waals surface area contributed by atoms with E-state index in [4.69, 9.17) is 10.5 Å². The molecule has 1 unspecified atom stereocenters. The molecule has 0 aliphatic heterocycles. The standard InChI is InChI=1S/C17H18N2O2/c1-21-15-8-4-7-14(18)16(15)17(20)19-10-12-9-11-5-2-3-6-13(11)12/h2-8,12H,9-10,18H2,1H3,(H,19,20). The second kappa shape index (κ2) is 5.48. The Hall–Kier alpha value is -2.49. The Bertz CT molecular complexity index is 682. The fourth-order valence-corrected chi connectivity index (χ4v) is 2.81. The average molecular weight is 282 g/mol. The van der Waals surface area contributed by atoms with Gasteiger partial charge in [-0.15, -0.1) is 0 Å². The highest BCUT2D eigenvalue weighted by Crippen LogP contribution is 2.34. The molecule has 108 valence electrons. The molecule has 0 heterocycles. The van der Waals surface area contributed by atoms with Gasteiger partial charge in [0.15, 0.2) is 0 Å². The number of nitrogen functional groups attached to an aromatic ring is 1. The summed E-state index contributed by atoms with van der Waals surface area (Å²) in [6.07, 6.45) is 1.01. The Morgan fingerprint density at radius 3 is 2.86 bits per heavy atom. The smallest absolute Gasteiger partial charge is 0.257 e. The van der Waals surface area contributed by atoms with Gasteiger partial charge in [0, 0.05) is 18.2 Å². The third-order valence-electron chi connectivity index (χ3n) is 3.98. The van der Waals surface area contributed by atoms with E-state index in [0.717, 1.165) is 6.42 Å². The van der Waals surface area contributed by atoms with Crippen LogP contribution in [-0.2, 0) is 6.42 Å². The molecule has 2 aromatic carbocycles. The van der Waals surface area contributed by atoms with Gasteiger partial charge in [-0.3, -0.25) is 4.79 Å². The molecule has 0 spiro atoms. The highest BCUT2D eigenvalue weighted by atomic mass is 16.5. The van der Waals surface area contributed by atoms with Crippen molar-refractivity contribution in [2.45, 2.75) is 12.3 Å². The summed E-state index contributed by atoms with van der Waals surface area (Å²) in [5, 5.41) is 2.96. The van der Waals surface area contributed by atoms with Crippen molar-refractivity contribution in [1.82, 2.24) is 5.32 Å². The summed E-state index contributed by atoms with van der Waals surface area (Å²) < 4.78 is 5.21. The molecule has 1 amide bonds. The molecule has 4 nitrogen and oxygen atoms in total. The molecule has 3 N–H and O–H groups in total. The van der Waals surface area contributed by atoms with Gasteiger partial charge in [-0.1, -0.05) is 30.3 Å². The van der Waals surface area contributed by atoms with Gasteiger partial charge >= 0.3 is 0 Å². The highest BCUT2D eigenvalue weighted by Gasteiger charge is 2.26. The normalized spacial score (nSPS) is 15.8. The van der Waals surface area contributed by atoms with Crippen LogP contribution in [0.1, 0.15) is 27.4 Å². The Kier molecular flexibility index (Phi) is 3.52. The second-order valence-electron chi connectivity index (χ2n) is 5.23. The maximum absolute atomic E-state index is 12.3. The molecule has 21 heavy (non-hydrogen) atoms. The third-order valence-corrected chi connectivity index (χ3v) is 3.98. The molecule has 0 radical (unpaired) electrons. The lowest BCUT2D eigenvalue weighted by Gasteiger charge is -2.30. The van der Waals surface area contributed by atoms with E-state index in [-0.39, 0.29) is 5.91 Å². The van der Waals surface area contributed by atoms with Gasteiger partial charge < -0.3 is 15.8 Å². The summed E-state index contributed by atoms with van der Waals surface area (Å²) in [6.45, 7) is 0.618. The van der Waals surface area contributed by atoms with Crippen LogP contribution >= 0.6 is 0 Å². The highest BCUT2D eigenvalue weighted by molar-refractivity contribution is 6.01. The van der Waals surface area contributed by atoms with Crippen molar-refractivity contribution in [3.8, 4) is 5.75 Å². The van der Waals surface area contributed by atoms with E-state index in [1.165, 1.54) is 18.2 Å². The Morgan fingerprint density at radius 2 is 2.10 bits per heavy atom. The van der Waals surface area contributed by atoms with E-state index in [2.05, 4.69) is 17.4 Å². The Morgan fingerprint density at radius 1 is 1.29 bits per heavy atom. The number of rotatable bonds is 4. The maximum atomic E-state index is 12.3. The Balaban J connectivity index is 1.69. The molecule has 0 fully saturated rings. The van der Waals surface area contributed by atoms with E-state index in [0.29, 0.717) is 29.5 Å². The zero-order valence-corrected chi connectivity index (χ0v) is 11.9. The number of anilines is 1. The molecule has 0 saturated heterocycles. The number of ether oxygens (including phenoxy) is 1. The number of hydrogen-bond donors (Lipinski definition) is 2. The van der Waals surface area contributed by atoms with Gasteiger partial charge in [0.05, 0.1) is 7.11 Å². The number of fused-ring (bicyclic) bond motifs is 1. The Labute approximate surface area is 123 Å². The first-order valence-electron chi connectivity index (χ1n) is 6.99. The van der Waals surface area contributed by atoms with Crippen molar-refractivity contribution < 1.29 is 9.53 Å². The molecule has 0 aromatic heterocycles. The number of methoxy groups -OCH3 is 1. The van der Waals surface area contributed by atoms with Crippen LogP contribution in [0, 0.1) is 0 Å². The lowest BCUT2D eigenvalue weighted by molar-refractivity contribution is 0.0948. The molecule has 1 atom stereocenters. The van der Waals surface area contributed by atoms with Crippen molar-refractivity contribution in [1.29, 1.82) is 0 Å². The van der Waals surface area contributed by atoms with Crippen molar-refractivity contribution >= 4 is 11.6 Å². The quantitative estimate of drug-likeness (QED) is 0.846. The van der Waals surface area contributed by atoms with E-state index in [1.807, 2.05) is 12.1 Å². The first-order chi connectivity index (χ1) is 10.2. The van der Waals surface area contributed by atoms with Gasteiger partial charge in [-0.25, -0.2) is 0 Å². The molecule has 0 saturated carbocycles. The van der Waals surface area contributed by atoms with Crippen molar-refractivity contribution in [2.24, 2.45) is 0 Å². The van der Waals surface area contributed by atoms with E-state index in [1.54, 1.807) is 18.2 Å². The number of nitrogens with two attached hydrogens (primary N) is 1. The summed E-state index contributed by atoms with van der Waals surface area (Å²) in [4.78, 5) is 12.3. The molecule has 2 aromatic rings. The molecule has 4 heteroatoms. The van der Waals surface area contributed by atoms with Crippen LogP contribution in [0.2, 0.25) is 0 Å². The van der Waals surface area contributed by atoms with Crippen LogP contribution in [0.25, 0.3) is 0 Å². The predicted octanol–water partition coefficient (Wildman–Crippen LogP) is 2.35. The summed E-state index contributed by atoms with van der Waals surface area (Å²) >= 11 is 0. The van der Waals surface area contributed by atoms with Crippen molar-refractivity contribution in [3.63, 3.8) is 0 Å². The molecule has 1 aliphatic carbocycles. The third kappa shape index (κ3) is 2.44. The van der Waals surface area contributed by atoms with Gasteiger partial charge in [0.1, 0.15) is 11.3 Å². The predicted molar refractivity (Wildman–Crippen MR) is 82.6 cm³/mol. The summed E-state index contributed by atoms with van der Waals surface area (Å²) in [5.74, 6) is 0.705. The largest absolute Gasteiger partial charge is 0.496 e. The van der Waals surface area contributed by atoms with Crippen LogP contribution in [0.15, 0.2) is 42.5 Å². The molecule has 0 bridgehead atoms. The number of benzene rings is 2. The molecular weight excluding hydrogens is 264 g/mol. The van der Waals surface area contributed by atoms with Crippen LogP contribution in [-0.4, -0.2) is 19.6 Å². The summed E-state index contributed by atoms with van der Waals surface area (Å²) in [7, 11) is 1.54. The topological polar surface area (TPSA) is 64.3 Å². The molecular formula is C17H18N2O2. The fraction of sp³-hybridized carbons (Fsp3) is 0.235. The van der Waals surface area contributed by atoms with Crippen molar-refractivity contribution in [3.05, 3.63) is 59.2 Å². The van der Waals surface area contributed by atoms with Crippen LogP contribution in [0.3, 0.4) is 0 Å². The molecule has 3 rings (SSSR count). The van der Waals surface area contributed by atoms with Crippen LogP contribution in [0.4, 0.5) is 5.69 Å². The lowest BCUT2D eigenvalue weighted by Crippen LogP contribution is -2.33. The number of carbonyl (C=O) groups excluding carboxylic acids is 1. The zero-order chi connectivity index (χ0) is 14.8. The van der Waals surface area contributed by atoms with Gasteiger partial charge in [0.25, 0.3) is 5.91 Å². The monoisotopic (exact) mass is 282 g/mol. The SMILES string of the molecule is COc1cccc(N)c1C(=O)NCC1Cc2ccccc21. The summed E-state index contributed by atoms with van der Waals surface area (Å²) in [5.41, 5.74) is 9.42. The number of hydrogen-bond acceptors (Lipinski definition) is 3. The fourth-order valence-electron chi connectivity index (χ4n) is 2.81.